The van der Waals surface area contributed by atoms with Crippen LogP contribution in [0.1, 0.15) is 12.0 Å². The van der Waals surface area contributed by atoms with Gasteiger partial charge in [-0.15, -0.1) is 0 Å². The van der Waals surface area contributed by atoms with Gasteiger partial charge in [-0.05, 0) is 18.2 Å². The molecule has 1 saturated heterocycles. The maximum atomic E-state index is 13.3. The first-order valence-corrected chi connectivity index (χ1v) is 5.31. The van der Waals surface area contributed by atoms with Crippen molar-refractivity contribution in [2.45, 2.75) is 11.7 Å². The zero-order valence-corrected chi connectivity index (χ0v) is 9.25. The Labute approximate surface area is 97.9 Å². The summed E-state index contributed by atoms with van der Waals surface area (Å²) in [6, 6.07) is 5.90. The maximum absolute atomic E-state index is 13.3. The molecular formula is C11H9FN2OS. The van der Waals surface area contributed by atoms with E-state index in [2.05, 4.69) is 12.6 Å². The van der Waals surface area contributed by atoms with Crippen molar-refractivity contribution >= 4 is 24.2 Å². The molecule has 1 aromatic carbocycles. The maximum Gasteiger partial charge on any atom is 0.228 e. The average Bonchev–Trinajstić information content (AvgIpc) is 2.58. The number of halogens is 1. The van der Waals surface area contributed by atoms with E-state index >= 15 is 0 Å². The zero-order chi connectivity index (χ0) is 11.7. The molecule has 1 amide bonds. The zero-order valence-electron chi connectivity index (χ0n) is 8.35. The lowest BCUT2D eigenvalue weighted by atomic mass is 10.2. The summed E-state index contributed by atoms with van der Waals surface area (Å²) in [7, 11) is 0. The smallest absolute Gasteiger partial charge is 0.228 e. The van der Waals surface area contributed by atoms with Crippen molar-refractivity contribution < 1.29 is 9.18 Å². The molecule has 1 unspecified atom stereocenters. The Morgan fingerprint density at radius 1 is 1.56 bits per heavy atom. The highest BCUT2D eigenvalue weighted by molar-refractivity contribution is 7.81. The van der Waals surface area contributed by atoms with Crippen LogP contribution < -0.4 is 4.90 Å². The minimum atomic E-state index is -0.601. The molecule has 1 aromatic rings. The number of thiol groups is 1. The molecule has 0 radical (unpaired) electrons. The van der Waals surface area contributed by atoms with Crippen LogP contribution >= 0.6 is 12.6 Å². The lowest BCUT2D eigenvalue weighted by Gasteiger charge is -2.16. The molecule has 1 aliphatic heterocycles. The number of rotatable bonds is 1. The number of carbonyl (C=O) groups is 1. The monoisotopic (exact) mass is 236 g/mol. The van der Waals surface area contributed by atoms with Crippen molar-refractivity contribution in [3.05, 3.63) is 29.6 Å². The van der Waals surface area contributed by atoms with Gasteiger partial charge in [0.05, 0.1) is 5.56 Å². The Bertz CT molecular complexity index is 483. The molecule has 1 fully saturated rings. The summed E-state index contributed by atoms with van der Waals surface area (Å²) in [4.78, 5) is 13.0. The Morgan fingerprint density at radius 2 is 2.31 bits per heavy atom. The van der Waals surface area contributed by atoms with Crippen LogP contribution in [-0.4, -0.2) is 17.7 Å². The van der Waals surface area contributed by atoms with Crippen LogP contribution in [0.4, 0.5) is 10.1 Å². The summed E-state index contributed by atoms with van der Waals surface area (Å²) >= 11 is 4.22. The molecule has 0 aliphatic carbocycles. The van der Waals surface area contributed by atoms with Gasteiger partial charge in [0, 0.05) is 23.9 Å². The van der Waals surface area contributed by atoms with E-state index in [9.17, 15) is 9.18 Å². The largest absolute Gasteiger partial charge is 0.311 e. The second-order valence-corrected chi connectivity index (χ2v) is 4.37. The van der Waals surface area contributed by atoms with Crippen LogP contribution in [0.15, 0.2) is 18.2 Å². The summed E-state index contributed by atoms with van der Waals surface area (Å²) in [6.45, 7) is 0.479. The first kappa shape index (κ1) is 11.0. The van der Waals surface area contributed by atoms with Crippen LogP contribution in [-0.2, 0) is 4.79 Å². The van der Waals surface area contributed by atoms with E-state index in [4.69, 9.17) is 5.26 Å². The van der Waals surface area contributed by atoms with Gasteiger partial charge in [-0.3, -0.25) is 4.79 Å². The molecule has 1 heterocycles. The first-order valence-electron chi connectivity index (χ1n) is 4.80. The number of nitrogens with zero attached hydrogens (tertiary/aromatic N) is 2. The highest BCUT2D eigenvalue weighted by Gasteiger charge is 2.28. The van der Waals surface area contributed by atoms with Crippen molar-refractivity contribution in [1.82, 2.24) is 0 Å². The molecule has 0 bridgehead atoms. The van der Waals surface area contributed by atoms with E-state index < -0.39 is 5.82 Å². The molecule has 0 aromatic heterocycles. The number of carbonyl (C=O) groups excluding carboxylic acids is 1. The number of hydrogen-bond acceptors (Lipinski definition) is 3. The minimum Gasteiger partial charge on any atom is -0.311 e. The van der Waals surface area contributed by atoms with Crippen LogP contribution in [0.2, 0.25) is 0 Å². The quantitative estimate of drug-likeness (QED) is 0.755. The fraction of sp³-hybridized carbons (Fsp3) is 0.273. The van der Waals surface area contributed by atoms with Crippen molar-refractivity contribution in [2.24, 2.45) is 0 Å². The van der Waals surface area contributed by atoms with Gasteiger partial charge < -0.3 is 4.90 Å². The van der Waals surface area contributed by atoms with Gasteiger partial charge in [-0.2, -0.15) is 17.9 Å². The standard InChI is InChI=1S/C11H9FN2OS/c12-10-3-8(2-1-7(10)5-13)14-6-9(16)4-11(14)15/h1-3,9,16H,4,6H2. The van der Waals surface area contributed by atoms with Crippen LogP contribution in [0.3, 0.4) is 0 Å². The molecule has 0 spiro atoms. The van der Waals surface area contributed by atoms with Gasteiger partial charge in [0.2, 0.25) is 5.91 Å². The molecule has 0 N–H and O–H groups in total. The van der Waals surface area contributed by atoms with Crippen molar-refractivity contribution in [1.29, 1.82) is 5.26 Å². The van der Waals surface area contributed by atoms with Gasteiger partial charge in [0.15, 0.2) is 0 Å². The number of benzene rings is 1. The Kier molecular flexibility index (Phi) is 2.84. The topological polar surface area (TPSA) is 44.1 Å². The van der Waals surface area contributed by atoms with Crippen molar-refractivity contribution in [2.75, 3.05) is 11.4 Å². The molecule has 1 aliphatic rings. The summed E-state index contributed by atoms with van der Waals surface area (Å²) in [5, 5.41) is 8.58. The third-order valence-electron chi connectivity index (χ3n) is 2.49. The Hall–Kier alpha value is -1.54. The fourth-order valence-electron chi connectivity index (χ4n) is 1.70. The van der Waals surface area contributed by atoms with Crippen LogP contribution in [0.5, 0.6) is 0 Å². The third kappa shape index (κ3) is 1.89. The Balaban J connectivity index is 2.32. The van der Waals surface area contributed by atoms with E-state index in [0.717, 1.165) is 0 Å². The van der Waals surface area contributed by atoms with E-state index in [1.807, 2.05) is 0 Å². The SMILES string of the molecule is N#Cc1ccc(N2CC(S)CC2=O)cc1F. The predicted octanol–water partition coefficient (Wildman–Crippen LogP) is 1.73. The molecule has 3 nitrogen and oxygen atoms in total. The molecule has 16 heavy (non-hydrogen) atoms. The van der Waals surface area contributed by atoms with E-state index in [0.29, 0.717) is 18.7 Å². The molecule has 2 rings (SSSR count). The fourth-order valence-corrected chi connectivity index (χ4v) is 2.02. The van der Waals surface area contributed by atoms with Crippen molar-refractivity contribution in [3.8, 4) is 6.07 Å². The molecule has 0 saturated carbocycles. The summed E-state index contributed by atoms with van der Waals surface area (Å²) in [6.07, 6.45) is 0.366. The summed E-state index contributed by atoms with van der Waals surface area (Å²) in [5.41, 5.74) is 0.468. The van der Waals surface area contributed by atoms with Gasteiger partial charge in [-0.25, -0.2) is 4.39 Å². The molecule has 5 heteroatoms. The molecule has 82 valence electrons. The normalized spacial score (nSPS) is 19.9. The number of hydrogen-bond donors (Lipinski definition) is 1. The van der Waals surface area contributed by atoms with Crippen molar-refractivity contribution in [3.63, 3.8) is 0 Å². The van der Waals surface area contributed by atoms with Gasteiger partial charge in [0.1, 0.15) is 11.9 Å². The minimum absolute atomic E-state index is 0.00814. The summed E-state index contributed by atoms with van der Waals surface area (Å²) < 4.78 is 13.3. The highest BCUT2D eigenvalue weighted by atomic mass is 32.1. The number of anilines is 1. The van der Waals surface area contributed by atoms with Gasteiger partial charge in [-0.1, -0.05) is 0 Å². The number of nitriles is 1. The second kappa shape index (κ2) is 4.14. The predicted molar refractivity (Wildman–Crippen MR) is 60.9 cm³/mol. The van der Waals surface area contributed by atoms with Crippen LogP contribution in [0.25, 0.3) is 0 Å². The second-order valence-electron chi connectivity index (χ2n) is 3.64. The highest BCUT2D eigenvalue weighted by Crippen LogP contribution is 2.25. The third-order valence-corrected chi connectivity index (χ3v) is 2.84. The van der Waals surface area contributed by atoms with Gasteiger partial charge in [0.25, 0.3) is 0 Å². The first-order chi connectivity index (χ1) is 7.61. The van der Waals surface area contributed by atoms with E-state index in [-0.39, 0.29) is 16.7 Å². The molecule has 1 atom stereocenters. The lowest BCUT2D eigenvalue weighted by molar-refractivity contribution is -0.117. The number of amides is 1. The van der Waals surface area contributed by atoms with Crippen LogP contribution in [0, 0.1) is 17.1 Å². The Morgan fingerprint density at radius 3 is 2.81 bits per heavy atom. The van der Waals surface area contributed by atoms with Gasteiger partial charge >= 0.3 is 0 Å². The average molecular weight is 236 g/mol. The van der Waals surface area contributed by atoms with E-state index in [1.54, 1.807) is 12.1 Å². The summed E-state index contributed by atoms with van der Waals surface area (Å²) in [5.74, 6) is -0.667. The molecular weight excluding hydrogens is 227 g/mol. The lowest BCUT2D eigenvalue weighted by Crippen LogP contribution is -2.24. The van der Waals surface area contributed by atoms with E-state index in [1.165, 1.54) is 17.0 Å².